The second-order valence-electron chi connectivity index (χ2n) is 10.3. The van der Waals surface area contributed by atoms with Gasteiger partial charge in [0.1, 0.15) is 6.10 Å². The Labute approximate surface area is 181 Å². The van der Waals surface area contributed by atoms with Gasteiger partial charge < -0.3 is 4.74 Å². The second kappa shape index (κ2) is 7.25. The van der Waals surface area contributed by atoms with Crippen molar-refractivity contribution in [2.75, 3.05) is 0 Å². The van der Waals surface area contributed by atoms with Gasteiger partial charge in [-0.15, -0.1) is 0 Å². The molecule has 4 aliphatic rings. The maximum atomic E-state index is 12.5. The fourth-order valence-electron chi connectivity index (χ4n) is 7.19. The monoisotopic (exact) mass is 402 g/mol. The number of esters is 1. The molecule has 0 saturated heterocycles. The maximum absolute atomic E-state index is 12.5. The predicted molar refractivity (Wildman–Crippen MR) is 121 cm³/mol. The van der Waals surface area contributed by atoms with Crippen LogP contribution in [0.1, 0.15) is 76.1 Å². The maximum Gasteiger partial charge on any atom is 0.338 e. The first-order valence-electron chi connectivity index (χ1n) is 11.8. The molecule has 30 heavy (non-hydrogen) atoms. The van der Waals surface area contributed by atoms with Crippen LogP contribution >= 0.6 is 0 Å². The quantitative estimate of drug-likeness (QED) is 0.392. The van der Waals surface area contributed by atoms with Crippen LogP contribution in [0.3, 0.4) is 0 Å². The Balaban J connectivity index is 1.39. The average molecular weight is 403 g/mol. The third kappa shape index (κ3) is 2.94. The van der Waals surface area contributed by atoms with Gasteiger partial charge in [-0.2, -0.15) is 0 Å². The molecule has 2 saturated carbocycles. The Morgan fingerprint density at radius 3 is 2.67 bits per heavy atom. The Hall–Kier alpha value is -2.09. The number of ether oxygens (including phenoxy) is 1. The van der Waals surface area contributed by atoms with E-state index in [1.165, 1.54) is 31.3 Å². The molecule has 0 heterocycles. The number of hydrogen-bond acceptors (Lipinski definition) is 2. The molecule has 0 radical (unpaired) electrons. The van der Waals surface area contributed by atoms with E-state index in [2.05, 4.69) is 39.0 Å². The zero-order valence-corrected chi connectivity index (χ0v) is 18.6. The van der Waals surface area contributed by atoms with Crippen LogP contribution in [0.5, 0.6) is 0 Å². The van der Waals surface area contributed by atoms with Gasteiger partial charge in [0.15, 0.2) is 0 Å². The molecule has 158 valence electrons. The van der Waals surface area contributed by atoms with Crippen LogP contribution in [0.25, 0.3) is 0 Å². The lowest BCUT2D eigenvalue weighted by atomic mass is 9.51. The first-order valence-corrected chi connectivity index (χ1v) is 11.8. The Morgan fingerprint density at radius 1 is 1.10 bits per heavy atom. The molecule has 0 aromatic heterocycles. The van der Waals surface area contributed by atoms with Crippen molar-refractivity contribution in [2.45, 2.75) is 71.8 Å². The summed E-state index contributed by atoms with van der Waals surface area (Å²) in [4.78, 5) is 12.5. The number of allylic oxidation sites excluding steroid dienone is 5. The number of rotatable bonds is 2. The lowest BCUT2D eigenvalue weighted by molar-refractivity contribution is 0.0325. The smallest absolute Gasteiger partial charge is 0.338 e. The molecule has 2 fully saturated rings. The average Bonchev–Trinajstić information content (AvgIpc) is 3.11. The lowest BCUT2D eigenvalue weighted by Gasteiger charge is -2.53. The molecule has 2 heteroatoms. The van der Waals surface area contributed by atoms with Gasteiger partial charge in [-0.05, 0) is 87.3 Å². The van der Waals surface area contributed by atoms with Crippen molar-refractivity contribution in [3.05, 3.63) is 70.8 Å². The SMILES string of the molecule is C/C=C1/CC[C@H]2[C@@H]3CCC4=C[C@H](OC(=O)c5ccccc5)CC[C@]4(C)C3=CC[C@]12C. The number of fused-ring (bicyclic) bond motifs is 5. The summed E-state index contributed by atoms with van der Waals surface area (Å²) < 4.78 is 5.88. The second-order valence-corrected chi connectivity index (χ2v) is 10.3. The van der Waals surface area contributed by atoms with Crippen molar-refractivity contribution in [1.82, 2.24) is 0 Å². The van der Waals surface area contributed by atoms with Gasteiger partial charge in [-0.1, -0.05) is 60.9 Å². The Bertz CT molecular complexity index is 937. The highest BCUT2D eigenvalue weighted by atomic mass is 16.5. The minimum atomic E-state index is -0.202. The molecule has 1 aromatic rings. The van der Waals surface area contributed by atoms with Gasteiger partial charge in [0.05, 0.1) is 5.56 Å². The molecule has 0 spiro atoms. The summed E-state index contributed by atoms with van der Waals surface area (Å²) in [6.45, 7) is 7.20. The molecule has 2 nitrogen and oxygen atoms in total. The van der Waals surface area contributed by atoms with E-state index in [4.69, 9.17) is 4.74 Å². The minimum Gasteiger partial charge on any atom is -0.455 e. The van der Waals surface area contributed by atoms with Crippen molar-refractivity contribution < 1.29 is 9.53 Å². The molecule has 0 aliphatic heterocycles. The highest BCUT2D eigenvalue weighted by Crippen LogP contribution is 2.64. The number of hydrogen-bond donors (Lipinski definition) is 0. The standard InChI is InChI=1S/C28H34O2/c1-4-20-11-13-24-23-12-10-21-18-22(30-26(29)19-8-6-5-7-9-19)14-16-28(21,3)25(23)15-17-27(20,24)2/h4-9,15,18,22-24H,10-14,16-17H2,1-3H3/b20-4-/t22-,23+,24+,27-,28+/m1/s1. The molecule has 5 rings (SSSR count). The summed E-state index contributed by atoms with van der Waals surface area (Å²) in [6, 6.07) is 9.37. The van der Waals surface area contributed by atoms with E-state index in [9.17, 15) is 4.79 Å². The van der Waals surface area contributed by atoms with Crippen LogP contribution in [-0.2, 0) is 4.74 Å². The van der Waals surface area contributed by atoms with Crippen LogP contribution in [0, 0.1) is 22.7 Å². The minimum absolute atomic E-state index is 0.0899. The molecule has 5 atom stereocenters. The summed E-state index contributed by atoms with van der Waals surface area (Å²) in [5.74, 6) is 1.33. The van der Waals surface area contributed by atoms with Crippen molar-refractivity contribution in [3.63, 3.8) is 0 Å². The van der Waals surface area contributed by atoms with E-state index in [0.717, 1.165) is 31.1 Å². The Kier molecular flexibility index (Phi) is 4.80. The van der Waals surface area contributed by atoms with Gasteiger partial charge in [-0.25, -0.2) is 4.79 Å². The number of carbonyl (C=O) groups excluding carboxylic acids is 1. The molecule has 4 aliphatic carbocycles. The van der Waals surface area contributed by atoms with Crippen molar-refractivity contribution in [3.8, 4) is 0 Å². The van der Waals surface area contributed by atoms with Gasteiger partial charge in [0.25, 0.3) is 0 Å². The normalized spacial score (nSPS) is 38.8. The molecule has 0 N–H and O–H groups in total. The van der Waals surface area contributed by atoms with Crippen LogP contribution in [0.4, 0.5) is 0 Å². The molecule has 0 amide bonds. The third-order valence-corrected chi connectivity index (χ3v) is 8.91. The van der Waals surface area contributed by atoms with E-state index < -0.39 is 0 Å². The largest absolute Gasteiger partial charge is 0.455 e. The van der Waals surface area contributed by atoms with Gasteiger partial charge >= 0.3 is 5.97 Å². The van der Waals surface area contributed by atoms with Crippen LogP contribution in [-0.4, -0.2) is 12.1 Å². The zero-order chi connectivity index (χ0) is 20.9. The number of benzene rings is 1. The highest BCUT2D eigenvalue weighted by molar-refractivity contribution is 5.89. The molecule has 0 bridgehead atoms. The van der Waals surface area contributed by atoms with E-state index >= 15 is 0 Å². The fourth-order valence-corrected chi connectivity index (χ4v) is 7.19. The third-order valence-electron chi connectivity index (χ3n) is 8.91. The van der Waals surface area contributed by atoms with E-state index in [0.29, 0.717) is 11.0 Å². The molecular formula is C28H34O2. The summed E-state index contributed by atoms with van der Waals surface area (Å²) in [5.41, 5.74) is 6.08. The predicted octanol–water partition coefficient (Wildman–Crippen LogP) is 7.04. The van der Waals surface area contributed by atoms with E-state index in [1.807, 2.05) is 30.3 Å². The summed E-state index contributed by atoms with van der Waals surface area (Å²) in [5, 5.41) is 0. The van der Waals surface area contributed by atoms with Crippen molar-refractivity contribution >= 4 is 5.97 Å². The molecule has 0 unspecified atom stereocenters. The van der Waals surface area contributed by atoms with Crippen LogP contribution in [0.15, 0.2) is 65.3 Å². The van der Waals surface area contributed by atoms with Crippen LogP contribution < -0.4 is 0 Å². The van der Waals surface area contributed by atoms with Crippen LogP contribution in [0.2, 0.25) is 0 Å². The molecule has 1 aromatic carbocycles. The van der Waals surface area contributed by atoms with Crippen molar-refractivity contribution in [1.29, 1.82) is 0 Å². The summed E-state index contributed by atoms with van der Waals surface area (Å²) >= 11 is 0. The zero-order valence-electron chi connectivity index (χ0n) is 18.6. The van der Waals surface area contributed by atoms with Crippen molar-refractivity contribution in [2.24, 2.45) is 22.7 Å². The fraction of sp³-hybridized carbons (Fsp3) is 0.536. The van der Waals surface area contributed by atoms with E-state index in [-0.39, 0.29) is 17.5 Å². The van der Waals surface area contributed by atoms with Gasteiger partial charge in [0, 0.05) is 5.41 Å². The summed E-state index contributed by atoms with van der Waals surface area (Å²) in [6.07, 6.45) is 15.4. The van der Waals surface area contributed by atoms with E-state index in [1.54, 1.807) is 11.1 Å². The van der Waals surface area contributed by atoms with Gasteiger partial charge in [0.2, 0.25) is 0 Å². The number of carbonyl (C=O) groups is 1. The first-order chi connectivity index (χ1) is 14.5. The molecular weight excluding hydrogens is 368 g/mol. The Morgan fingerprint density at radius 2 is 1.90 bits per heavy atom. The highest BCUT2D eigenvalue weighted by Gasteiger charge is 2.54. The van der Waals surface area contributed by atoms with Gasteiger partial charge in [-0.3, -0.25) is 0 Å². The summed E-state index contributed by atoms with van der Waals surface area (Å²) in [7, 11) is 0. The lowest BCUT2D eigenvalue weighted by Crippen LogP contribution is -2.43. The first kappa shape index (κ1) is 19.8. The topological polar surface area (TPSA) is 26.3 Å².